The molecule has 0 heteroatoms. The lowest BCUT2D eigenvalue weighted by Crippen LogP contribution is -2.48. The Morgan fingerprint density at radius 3 is 2.38 bits per heavy atom. The van der Waals surface area contributed by atoms with Crippen molar-refractivity contribution >= 4 is 0 Å². The molecule has 4 aliphatic rings. The van der Waals surface area contributed by atoms with Crippen molar-refractivity contribution in [3.8, 4) is 0 Å². The summed E-state index contributed by atoms with van der Waals surface area (Å²) < 4.78 is 0. The van der Waals surface area contributed by atoms with Crippen molar-refractivity contribution in [3.63, 3.8) is 0 Å². The molecule has 0 N–H and O–H groups in total. The van der Waals surface area contributed by atoms with Crippen molar-refractivity contribution in [2.75, 3.05) is 0 Å². The monoisotopic (exact) mass is 358 g/mol. The predicted molar refractivity (Wildman–Crippen MR) is 113 cm³/mol. The van der Waals surface area contributed by atoms with Crippen LogP contribution in [0.25, 0.3) is 0 Å². The Balaban J connectivity index is 1.42. The lowest BCUT2D eigenvalue weighted by Gasteiger charge is -2.56. The summed E-state index contributed by atoms with van der Waals surface area (Å²) in [6, 6.07) is 0. The molecule has 0 aromatic rings. The minimum atomic E-state index is 0.694. The Hall–Kier alpha value is 0. The zero-order chi connectivity index (χ0) is 18.3. The van der Waals surface area contributed by atoms with E-state index in [9.17, 15) is 0 Å². The first-order valence-electron chi connectivity index (χ1n) is 12.5. The van der Waals surface area contributed by atoms with Crippen LogP contribution in [0.3, 0.4) is 0 Å². The van der Waals surface area contributed by atoms with Crippen LogP contribution in [0.4, 0.5) is 0 Å². The first kappa shape index (κ1) is 19.3. The maximum atomic E-state index is 2.75. The summed E-state index contributed by atoms with van der Waals surface area (Å²) in [5.74, 6) is 8.46. The van der Waals surface area contributed by atoms with Gasteiger partial charge < -0.3 is 0 Å². The number of hydrogen-bond acceptors (Lipinski definition) is 0. The minimum Gasteiger partial charge on any atom is -0.0628 e. The van der Waals surface area contributed by atoms with Gasteiger partial charge in [-0.2, -0.15) is 0 Å². The van der Waals surface area contributed by atoms with Crippen LogP contribution in [0.2, 0.25) is 0 Å². The minimum absolute atomic E-state index is 0.694. The van der Waals surface area contributed by atoms with Crippen molar-refractivity contribution in [1.29, 1.82) is 0 Å². The zero-order valence-corrected chi connectivity index (χ0v) is 18.3. The molecule has 150 valence electrons. The van der Waals surface area contributed by atoms with E-state index in [1.54, 1.807) is 57.8 Å². The Labute approximate surface area is 164 Å². The third kappa shape index (κ3) is 3.41. The molecule has 0 heterocycles. The summed E-state index contributed by atoms with van der Waals surface area (Å²) in [7, 11) is 0. The second kappa shape index (κ2) is 7.79. The van der Waals surface area contributed by atoms with Gasteiger partial charge in [-0.05, 0) is 97.7 Å². The Bertz CT molecular complexity index is 465. The summed E-state index contributed by atoms with van der Waals surface area (Å²) in [6.45, 7) is 10.1. The number of rotatable bonds is 5. The van der Waals surface area contributed by atoms with Crippen LogP contribution >= 0.6 is 0 Å². The SMILES string of the molecule is CC(C)CCC[C@@H](C)[C@H]1CC[C@H]2[C@@H]3CC[C@H]4CCCC[C@@H]4[C@H]3CC[C@]12C. The van der Waals surface area contributed by atoms with E-state index in [0.717, 1.165) is 47.3 Å². The molecule has 0 aromatic heterocycles. The van der Waals surface area contributed by atoms with Crippen molar-refractivity contribution in [2.45, 2.75) is 111 Å². The summed E-state index contributed by atoms with van der Waals surface area (Å²) in [5.41, 5.74) is 0.694. The lowest BCUT2D eigenvalue weighted by molar-refractivity contribution is -0.0688. The molecule has 0 aromatic carbocycles. The highest BCUT2D eigenvalue weighted by Crippen LogP contribution is 2.65. The third-order valence-electron chi connectivity index (χ3n) is 10.1. The van der Waals surface area contributed by atoms with Crippen molar-refractivity contribution in [1.82, 2.24) is 0 Å². The van der Waals surface area contributed by atoms with Gasteiger partial charge in [0, 0.05) is 0 Å². The quantitative estimate of drug-likeness (QED) is 0.465. The Morgan fingerprint density at radius 2 is 1.58 bits per heavy atom. The van der Waals surface area contributed by atoms with Gasteiger partial charge in [0.25, 0.3) is 0 Å². The Morgan fingerprint density at radius 1 is 0.769 bits per heavy atom. The zero-order valence-electron chi connectivity index (χ0n) is 18.3. The molecule has 0 amide bonds. The highest BCUT2D eigenvalue weighted by Gasteiger charge is 2.57. The van der Waals surface area contributed by atoms with Gasteiger partial charge in [0.1, 0.15) is 0 Å². The molecule has 0 spiro atoms. The third-order valence-corrected chi connectivity index (χ3v) is 10.1. The largest absolute Gasteiger partial charge is 0.0628 e. The van der Waals surface area contributed by atoms with Crippen LogP contribution in [0.15, 0.2) is 0 Å². The molecule has 4 aliphatic carbocycles. The van der Waals surface area contributed by atoms with E-state index in [4.69, 9.17) is 0 Å². The fourth-order valence-electron chi connectivity index (χ4n) is 8.85. The topological polar surface area (TPSA) is 0 Å². The highest BCUT2D eigenvalue weighted by molar-refractivity contribution is 5.06. The first-order valence-corrected chi connectivity index (χ1v) is 12.5. The van der Waals surface area contributed by atoms with Crippen molar-refractivity contribution < 1.29 is 0 Å². The van der Waals surface area contributed by atoms with Crippen LogP contribution in [0.5, 0.6) is 0 Å². The van der Waals surface area contributed by atoms with E-state index >= 15 is 0 Å². The fourth-order valence-corrected chi connectivity index (χ4v) is 8.85. The second-order valence-electron chi connectivity index (χ2n) is 11.8. The van der Waals surface area contributed by atoms with E-state index in [2.05, 4.69) is 27.7 Å². The van der Waals surface area contributed by atoms with Crippen LogP contribution in [-0.2, 0) is 0 Å². The molecule has 0 radical (unpaired) electrons. The summed E-state index contributed by atoms with van der Waals surface area (Å²) in [4.78, 5) is 0. The summed E-state index contributed by atoms with van der Waals surface area (Å²) in [5, 5.41) is 0. The van der Waals surface area contributed by atoms with E-state index in [1.165, 1.54) is 25.7 Å². The van der Waals surface area contributed by atoms with Crippen LogP contribution in [0.1, 0.15) is 111 Å². The van der Waals surface area contributed by atoms with Gasteiger partial charge >= 0.3 is 0 Å². The molecule has 8 atom stereocenters. The van der Waals surface area contributed by atoms with Crippen molar-refractivity contribution in [3.05, 3.63) is 0 Å². The maximum absolute atomic E-state index is 2.75. The van der Waals surface area contributed by atoms with Gasteiger partial charge in [-0.1, -0.05) is 66.2 Å². The van der Waals surface area contributed by atoms with E-state index in [-0.39, 0.29) is 0 Å². The molecule has 4 rings (SSSR count). The normalized spacial score (nSPS) is 46.5. The van der Waals surface area contributed by atoms with E-state index < -0.39 is 0 Å². The molecule has 0 bridgehead atoms. The van der Waals surface area contributed by atoms with Gasteiger partial charge in [0.2, 0.25) is 0 Å². The predicted octanol–water partition coefficient (Wildman–Crippen LogP) is 8.11. The molecule has 0 nitrogen and oxygen atoms in total. The molecule has 0 aliphatic heterocycles. The molecule has 26 heavy (non-hydrogen) atoms. The lowest BCUT2D eigenvalue weighted by atomic mass is 9.49. The molecule has 0 saturated heterocycles. The smallest absolute Gasteiger partial charge is 0.0264 e. The number of hydrogen-bond donors (Lipinski definition) is 0. The van der Waals surface area contributed by atoms with Gasteiger partial charge in [0.05, 0.1) is 0 Å². The summed E-state index contributed by atoms with van der Waals surface area (Å²) in [6.07, 6.45) is 20.1. The Kier molecular flexibility index (Phi) is 5.79. The van der Waals surface area contributed by atoms with Gasteiger partial charge in [-0.25, -0.2) is 0 Å². The van der Waals surface area contributed by atoms with Crippen molar-refractivity contribution in [2.24, 2.45) is 52.8 Å². The molecular formula is C26H46. The van der Waals surface area contributed by atoms with Crippen LogP contribution in [0, 0.1) is 52.8 Å². The van der Waals surface area contributed by atoms with E-state index in [1.807, 2.05) is 0 Å². The molecular weight excluding hydrogens is 312 g/mol. The molecule has 4 saturated carbocycles. The average molecular weight is 359 g/mol. The van der Waals surface area contributed by atoms with Crippen LogP contribution < -0.4 is 0 Å². The van der Waals surface area contributed by atoms with E-state index in [0.29, 0.717) is 5.41 Å². The first-order chi connectivity index (χ1) is 12.5. The number of fused-ring (bicyclic) bond motifs is 5. The standard InChI is InChI=1S/C26H46/c1-18(2)8-7-9-19(3)24-14-15-25-23-13-12-20-10-5-6-11-21(20)22(23)16-17-26(24,25)4/h18-25H,5-17H2,1-4H3/t19-,20-,21+,22-,23-,24-,25+,26-/m1/s1. The second-order valence-corrected chi connectivity index (χ2v) is 11.8. The molecule has 4 fully saturated rings. The van der Waals surface area contributed by atoms with Gasteiger partial charge in [0.15, 0.2) is 0 Å². The maximum Gasteiger partial charge on any atom is -0.0264 e. The average Bonchev–Trinajstić information content (AvgIpc) is 2.98. The van der Waals surface area contributed by atoms with Gasteiger partial charge in [-0.15, -0.1) is 0 Å². The molecule has 0 unspecified atom stereocenters. The fraction of sp³-hybridized carbons (Fsp3) is 1.00. The van der Waals surface area contributed by atoms with Gasteiger partial charge in [-0.3, -0.25) is 0 Å². The summed E-state index contributed by atoms with van der Waals surface area (Å²) >= 11 is 0. The highest BCUT2D eigenvalue weighted by atomic mass is 14.6. The van der Waals surface area contributed by atoms with Crippen LogP contribution in [-0.4, -0.2) is 0 Å².